The van der Waals surface area contributed by atoms with Gasteiger partial charge in [0.1, 0.15) is 11.3 Å². The highest BCUT2D eigenvalue weighted by molar-refractivity contribution is 9.11. The molecular formula is C25H14Br3Cl2N3O5. The van der Waals surface area contributed by atoms with Crippen molar-refractivity contribution in [1.29, 1.82) is 0 Å². The Morgan fingerprint density at radius 2 is 1.61 bits per heavy atom. The smallest absolute Gasteiger partial charge is 0.335 e. The predicted molar refractivity (Wildman–Crippen MR) is 156 cm³/mol. The number of rotatable bonds is 6. The van der Waals surface area contributed by atoms with Crippen LogP contribution in [0.1, 0.15) is 5.56 Å². The topological polar surface area (TPSA) is 105 Å². The summed E-state index contributed by atoms with van der Waals surface area (Å²) in [5.74, 6) is -1.70. The molecule has 5 amide bonds. The number of nitrogens with one attached hydrogen (secondary N) is 2. The van der Waals surface area contributed by atoms with Crippen molar-refractivity contribution in [2.75, 3.05) is 16.8 Å². The molecule has 0 saturated carbocycles. The molecule has 1 fully saturated rings. The van der Waals surface area contributed by atoms with Gasteiger partial charge in [-0.3, -0.25) is 19.7 Å². The van der Waals surface area contributed by atoms with Gasteiger partial charge in [-0.05, 0) is 98.1 Å². The number of anilines is 2. The van der Waals surface area contributed by atoms with Crippen LogP contribution in [0.4, 0.5) is 16.2 Å². The van der Waals surface area contributed by atoms with Crippen molar-refractivity contribution >= 4 is 112 Å². The number of carbonyl (C=O) groups excluding carboxylic acids is 4. The summed E-state index contributed by atoms with van der Waals surface area (Å²) in [5, 5.41) is 5.50. The molecule has 38 heavy (non-hydrogen) atoms. The Balaban J connectivity index is 1.51. The molecule has 4 rings (SSSR count). The molecular weight excluding hydrogens is 733 g/mol. The quantitative estimate of drug-likeness (QED) is 0.210. The zero-order valence-electron chi connectivity index (χ0n) is 18.9. The first-order chi connectivity index (χ1) is 18.0. The van der Waals surface area contributed by atoms with Crippen LogP contribution in [0.2, 0.25) is 10.0 Å². The van der Waals surface area contributed by atoms with E-state index >= 15 is 0 Å². The van der Waals surface area contributed by atoms with Crippen molar-refractivity contribution in [1.82, 2.24) is 5.32 Å². The molecule has 0 bridgehead atoms. The van der Waals surface area contributed by atoms with Gasteiger partial charge in [0.15, 0.2) is 6.61 Å². The number of hydrogen-bond acceptors (Lipinski definition) is 5. The van der Waals surface area contributed by atoms with Crippen molar-refractivity contribution < 1.29 is 23.9 Å². The minimum absolute atomic E-state index is 0.235. The Morgan fingerprint density at radius 1 is 0.947 bits per heavy atom. The van der Waals surface area contributed by atoms with Gasteiger partial charge in [0, 0.05) is 10.2 Å². The van der Waals surface area contributed by atoms with Crippen LogP contribution in [0.5, 0.6) is 5.75 Å². The van der Waals surface area contributed by atoms with E-state index in [1.807, 2.05) is 0 Å². The number of carbonyl (C=O) groups is 4. The predicted octanol–water partition coefficient (Wildman–Crippen LogP) is 6.96. The van der Waals surface area contributed by atoms with Gasteiger partial charge < -0.3 is 10.1 Å². The molecule has 1 aliphatic rings. The lowest BCUT2D eigenvalue weighted by atomic mass is 10.1. The molecule has 1 heterocycles. The summed E-state index contributed by atoms with van der Waals surface area (Å²) >= 11 is 21.9. The van der Waals surface area contributed by atoms with Gasteiger partial charge in [0.25, 0.3) is 17.7 Å². The summed E-state index contributed by atoms with van der Waals surface area (Å²) in [7, 11) is 0. The van der Waals surface area contributed by atoms with Crippen LogP contribution in [-0.4, -0.2) is 30.4 Å². The van der Waals surface area contributed by atoms with Crippen LogP contribution in [-0.2, 0) is 14.4 Å². The molecule has 1 aliphatic heterocycles. The first-order valence-corrected chi connectivity index (χ1v) is 13.7. The van der Waals surface area contributed by atoms with Crippen LogP contribution >= 0.6 is 71.0 Å². The van der Waals surface area contributed by atoms with Crippen molar-refractivity contribution in [2.24, 2.45) is 0 Å². The fourth-order valence-corrected chi connectivity index (χ4v) is 5.37. The van der Waals surface area contributed by atoms with Crippen LogP contribution in [0, 0.1) is 0 Å². The zero-order valence-corrected chi connectivity index (χ0v) is 25.1. The summed E-state index contributed by atoms with van der Waals surface area (Å²) in [4.78, 5) is 51.2. The highest BCUT2D eigenvalue weighted by Gasteiger charge is 2.36. The second-order valence-electron chi connectivity index (χ2n) is 7.71. The lowest BCUT2D eigenvalue weighted by molar-refractivity contribution is -0.122. The molecule has 0 aliphatic carbocycles. The zero-order chi connectivity index (χ0) is 27.6. The standard InChI is InChI=1S/C25H14Br3Cl2N3O5/c26-13-1-4-15(5-2-13)33-24(36)16(23(35)32-25(33)37)7-12-8-17(27)22(18(28)9-12)38-11-21(34)31-14-3-6-19(29)20(30)10-14/h1-10H,11H2,(H,31,34)(H,32,35,37)/b16-7+. The Labute approximate surface area is 251 Å². The van der Waals surface area contributed by atoms with E-state index in [0.717, 1.165) is 9.37 Å². The Morgan fingerprint density at radius 3 is 2.24 bits per heavy atom. The van der Waals surface area contributed by atoms with Crippen LogP contribution in [0.3, 0.4) is 0 Å². The maximum Gasteiger partial charge on any atom is 0.335 e. The summed E-state index contributed by atoms with van der Waals surface area (Å²) in [6, 6.07) is 13.5. The molecule has 3 aromatic carbocycles. The summed E-state index contributed by atoms with van der Waals surface area (Å²) in [6.07, 6.45) is 1.35. The van der Waals surface area contributed by atoms with Gasteiger partial charge in [-0.25, -0.2) is 9.69 Å². The number of nitrogens with zero attached hydrogens (tertiary/aromatic N) is 1. The van der Waals surface area contributed by atoms with E-state index in [-0.39, 0.29) is 12.2 Å². The van der Waals surface area contributed by atoms with E-state index in [0.29, 0.717) is 41.7 Å². The van der Waals surface area contributed by atoms with Crippen molar-refractivity contribution in [3.63, 3.8) is 0 Å². The fourth-order valence-electron chi connectivity index (χ4n) is 3.36. The molecule has 0 aromatic heterocycles. The summed E-state index contributed by atoms with van der Waals surface area (Å²) in [6.45, 7) is -0.316. The number of urea groups is 1. The molecule has 2 N–H and O–H groups in total. The van der Waals surface area contributed by atoms with Crippen molar-refractivity contribution in [3.05, 3.63) is 89.2 Å². The average molecular weight is 747 g/mol. The van der Waals surface area contributed by atoms with E-state index in [1.165, 1.54) is 12.1 Å². The minimum Gasteiger partial charge on any atom is -0.481 e. The molecule has 0 radical (unpaired) electrons. The molecule has 1 saturated heterocycles. The number of halogens is 5. The number of amides is 5. The number of hydrogen-bond donors (Lipinski definition) is 2. The highest BCUT2D eigenvalue weighted by Crippen LogP contribution is 2.36. The van der Waals surface area contributed by atoms with Crippen LogP contribution in [0.15, 0.2) is 73.6 Å². The van der Waals surface area contributed by atoms with E-state index in [1.54, 1.807) is 48.5 Å². The minimum atomic E-state index is -0.843. The lowest BCUT2D eigenvalue weighted by Gasteiger charge is -2.26. The second-order valence-corrected chi connectivity index (χ2v) is 11.2. The van der Waals surface area contributed by atoms with Gasteiger partial charge >= 0.3 is 6.03 Å². The van der Waals surface area contributed by atoms with Gasteiger partial charge in [-0.15, -0.1) is 0 Å². The molecule has 0 atom stereocenters. The van der Waals surface area contributed by atoms with Crippen LogP contribution in [0.25, 0.3) is 6.08 Å². The number of ether oxygens (including phenoxy) is 1. The third-order valence-corrected chi connectivity index (χ3v) is 7.51. The fraction of sp³-hybridized carbons (Fsp3) is 0.0400. The Bertz CT molecular complexity index is 1490. The molecule has 13 heteroatoms. The SMILES string of the molecule is O=C(COc1c(Br)cc(/C=C2\C(=O)NC(=O)N(c3ccc(Br)cc3)C2=O)cc1Br)Nc1ccc(Cl)c(Cl)c1. The molecule has 0 spiro atoms. The molecule has 3 aromatic rings. The molecule has 194 valence electrons. The van der Waals surface area contributed by atoms with Gasteiger partial charge in [0.2, 0.25) is 0 Å². The van der Waals surface area contributed by atoms with Gasteiger partial charge in [-0.1, -0.05) is 39.1 Å². The lowest BCUT2D eigenvalue weighted by Crippen LogP contribution is -2.54. The van der Waals surface area contributed by atoms with Gasteiger partial charge in [0.05, 0.1) is 24.7 Å². The average Bonchev–Trinajstić information content (AvgIpc) is 2.84. The maximum atomic E-state index is 13.1. The normalized spacial score (nSPS) is 14.5. The van der Waals surface area contributed by atoms with Gasteiger partial charge in [-0.2, -0.15) is 0 Å². The first-order valence-electron chi connectivity index (χ1n) is 10.6. The third-order valence-electron chi connectivity index (χ3n) is 5.07. The molecule has 0 unspecified atom stereocenters. The summed E-state index contributed by atoms with van der Waals surface area (Å²) < 4.78 is 7.32. The van der Waals surface area contributed by atoms with E-state index in [2.05, 4.69) is 58.4 Å². The van der Waals surface area contributed by atoms with Crippen molar-refractivity contribution in [2.45, 2.75) is 0 Å². The van der Waals surface area contributed by atoms with Crippen LogP contribution < -0.4 is 20.3 Å². The number of benzene rings is 3. The largest absolute Gasteiger partial charge is 0.481 e. The Kier molecular flexibility index (Phi) is 8.94. The Hall–Kier alpha value is -2.70. The molecule has 8 nitrogen and oxygen atoms in total. The maximum absolute atomic E-state index is 13.1. The van der Waals surface area contributed by atoms with E-state index in [4.69, 9.17) is 27.9 Å². The summed E-state index contributed by atoms with van der Waals surface area (Å²) in [5.41, 5.74) is 0.986. The highest BCUT2D eigenvalue weighted by atomic mass is 79.9. The monoisotopic (exact) mass is 743 g/mol. The van der Waals surface area contributed by atoms with E-state index < -0.39 is 23.8 Å². The first kappa shape index (κ1) is 28.3. The third kappa shape index (κ3) is 6.47. The number of imide groups is 2. The second kappa shape index (κ2) is 12.0. The van der Waals surface area contributed by atoms with E-state index in [9.17, 15) is 19.2 Å². The number of barbiturate groups is 1. The van der Waals surface area contributed by atoms with Crippen molar-refractivity contribution in [3.8, 4) is 5.75 Å².